The maximum absolute atomic E-state index is 12.6. The zero-order chi connectivity index (χ0) is 14.9. The van der Waals surface area contributed by atoms with Gasteiger partial charge in [0.05, 0.1) is 15.8 Å². The molecule has 0 radical (unpaired) electrons. The second-order valence-corrected chi connectivity index (χ2v) is 6.22. The van der Waals surface area contributed by atoms with Crippen molar-refractivity contribution in [3.63, 3.8) is 0 Å². The number of pyridine rings is 1. The molecule has 2 N–H and O–H groups in total. The van der Waals surface area contributed by atoms with Gasteiger partial charge in [-0.25, -0.2) is 4.98 Å². The largest absolute Gasteiger partial charge is 0.312 e. The molecule has 0 atom stereocenters. The van der Waals surface area contributed by atoms with Crippen LogP contribution in [0.3, 0.4) is 0 Å². The van der Waals surface area contributed by atoms with Gasteiger partial charge in [-0.15, -0.1) is 0 Å². The summed E-state index contributed by atoms with van der Waals surface area (Å²) in [4.78, 5) is 21.2. The van der Waals surface area contributed by atoms with Gasteiger partial charge in [-0.3, -0.25) is 15.1 Å². The van der Waals surface area contributed by atoms with Gasteiger partial charge in [0.15, 0.2) is 5.13 Å². The molecule has 22 heavy (non-hydrogen) atoms. The standard InChI is InChI=1S/C16H14N4OS/c21-15(12-9-18-8-10-7-17-6-5-11(10)12)20-16-19-13-3-1-2-4-14(13)22-16/h1-4,8-9,17H,5-7H2,(H,19,20,21). The van der Waals surface area contributed by atoms with Crippen LogP contribution in [0, 0.1) is 0 Å². The Bertz CT molecular complexity index is 825. The number of thiazole rings is 1. The predicted octanol–water partition coefficient (Wildman–Crippen LogP) is 2.59. The first-order valence-corrected chi connectivity index (χ1v) is 7.96. The van der Waals surface area contributed by atoms with Gasteiger partial charge < -0.3 is 5.32 Å². The topological polar surface area (TPSA) is 66.9 Å². The van der Waals surface area contributed by atoms with Crippen molar-refractivity contribution in [2.45, 2.75) is 13.0 Å². The zero-order valence-electron chi connectivity index (χ0n) is 11.8. The average molecular weight is 310 g/mol. The van der Waals surface area contributed by atoms with Gasteiger partial charge >= 0.3 is 0 Å². The van der Waals surface area contributed by atoms with E-state index in [4.69, 9.17) is 0 Å². The molecule has 0 unspecified atom stereocenters. The van der Waals surface area contributed by atoms with E-state index in [0.717, 1.165) is 40.9 Å². The molecule has 3 aromatic rings. The van der Waals surface area contributed by atoms with Crippen LogP contribution in [-0.2, 0) is 13.0 Å². The predicted molar refractivity (Wildman–Crippen MR) is 87.2 cm³/mol. The minimum absolute atomic E-state index is 0.134. The van der Waals surface area contributed by atoms with Crippen molar-refractivity contribution in [3.05, 3.63) is 53.3 Å². The Morgan fingerprint density at radius 1 is 1.27 bits per heavy atom. The summed E-state index contributed by atoms with van der Waals surface area (Å²) in [5.74, 6) is -0.134. The number of carbonyl (C=O) groups is 1. The molecule has 3 heterocycles. The molecule has 6 heteroatoms. The SMILES string of the molecule is O=C(Nc1nc2ccccc2s1)c1cncc2c1CCNC2. The Hall–Kier alpha value is -2.31. The third-order valence-corrected chi connectivity index (χ3v) is 4.72. The second-order valence-electron chi connectivity index (χ2n) is 5.19. The number of carbonyl (C=O) groups excluding carboxylic acids is 1. The molecule has 0 bridgehead atoms. The van der Waals surface area contributed by atoms with Crippen LogP contribution >= 0.6 is 11.3 Å². The first kappa shape index (κ1) is 13.4. The summed E-state index contributed by atoms with van der Waals surface area (Å²) in [7, 11) is 0. The van der Waals surface area contributed by atoms with Crippen LogP contribution in [0.1, 0.15) is 21.5 Å². The lowest BCUT2D eigenvalue weighted by Gasteiger charge is -2.18. The van der Waals surface area contributed by atoms with Crippen LogP contribution in [0.15, 0.2) is 36.7 Å². The number of rotatable bonds is 2. The van der Waals surface area contributed by atoms with Crippen molar-refractivity contribution in [2.75, 3.05) is 11.9 Å². The molecule has 0 spiro atoms. The van der Waals surface area contributed by atoms with Crippen molar-refractivity contribution >= 4 is 32.6 Å². The summed E-state index contributed by atoms with van der Waals surface area (Å²) >= 11 is 1.48. The van der Waals surface area contributed by atoms with Crippen molar-refractivity contribution < 1.29 is 4.79 Å². The van der Waals surface area contributed by atoms with Gasteiger partial charge in [0.25, 0.3) is 5.91 Å². The van der Waals surface area contributed by atoms with Gasteiger partial charge in [0, 0.05) is 18.9 Å². The smallest absolute Gasteiger partial charge is 0.259 e. The minimum Gasteiger partial charge on any atom is -0.312 e. The monoisotopic (exact) mass is 310 g/mol. The molecule has 0 saturated heterocycles. The highest BCUT2D eigenvalue weighted by Crippen LogP contribution is 2.26. The normalized spacial score (nSPS) is 13.8. The summed E-state index contributed by atoms with van der Waals surface area (Å²) < 4.78 is 1.07. The molecule has 1 amide bonds. The summed E-state index contributed by atoms with van der Waals surface area (Å²) in [6.45, 7) is 1.66. The van der Waals surface area contributed by atoms with Crippen LogP contribution in [0.25, 0.3) is 10.2 Å². The third kappa shape index (κ3) is 2.36. The van der Waals surface area contributed by atoms with Crippen molar-refractivity contribution in [1.29, 1.82) is 0 Å². The fourth-order valence-electron chi connectivity index (χ4n) is 2.70. The number of para-hydroxylation sites is 1. The molecule has 0 aliphatic carbocycles. The van der Waals surface area contributed by atoms with E-state index in [1.165, 1.54) is 11.3 Å². The van der Waals surface area contributed by atoms with E-state index in [-0.39, 0.29) is 5.91 Å². The number of amides is 1. The lowest BCUT2D eigenvalue weighted by atomic mass is 9.98. The Balaban J connectivity index is 1.65. The molecular weight excluding hydrogens is 296 g/mol. The molecule has 1 aliphatic rings. The van der Waals surface area contributed by atoms with E-state index < -0.39 is 0 Å². The molecule has 0 fully saturated rings. The van der Waals surface area contributed by atoms with Gasteiger partial charge in [-0.1, -0.05) is 23.5 Å². The fourth-order valence-corrected chi connectivity index (χ4v) is 3.56. The van der Waals surface area contributed by atoms with E-state index in [2.05, 4.69) is 20.6 Å². The third-order valence-electron chi connectivity index (χ3n) is 3.77. The van der Waals surface area contributed by atoms with Gasteiger partial charge in [0.1, 0.15) is 0 Å². The maximum Gasteiger partial charge on any atom is 0.259 e. The molecule has 2 aromatic heterocycles. The average Bonchev–Trinajstić information content (AvgIpc) is 2.96. The molecular formula is C16H14N4OS. The lowest BCUT2D eigenvalue weighted by molar-refractivity contribution is 0.102. The number of aromatic nitrogens is 2. The Morgan fingerprint density at radius 3 is 3.09 bits per heavy atom. The van der Waals surface area contributed by atoms with Gasteiger partial charge in [0.2, 0.25) is 0 Å². The number of fused-ring (bicyclic) bond motifs is 2. The number of hydrogen-bond acceptors (Lipinski definition) is 5. The van der Waals surface area contributed by atoms with Gasteiger partial charge in [-0.05, 0) is 36.2 Å². The highest BCUT2D eigenvalue weighted by atomic mass is 32.1. The van der Waals surface area contributed by atoms with E-state index in [1.807, 2.05) is 30.5 Å². The number of anilines is 1. The maximum atomic E-state index is 12.6. The first-order valence-electron chi connectivity index (χ1n) is 7.14. The molecule has 4 rings (SSSR count). The molecule has 0 saturated carbocycles. The van der Waals surface area contributed by atoms with Crippen molar-refractivity contribution in [1.82, 2.24) is 15.3 Å². The second kappa shape index (κ2) is 5.47. The summed E-state index contributed by atoms with van der Waals surface area (Å²) in [5, 5.41) is 6.82. The quantitative estimate of drug-likeness (QED) is 0.763. The fraction of sp³-hybridized carbons (Fsp3) is 0.188. The van der Waals surface area contributed by atoms with E-state index in [0.29, 0.717) is 10.7 Å². The Morgan fingerprint density at radius 2 is 2.18 bits per heavy atom. The molecule has 1 aromatic carbocycles. The minimum atomic E-state index is -0.134. The Labute approximate surface area is 131 Å². The summed E-state index contributed by atoms with van der Waals surface area (Å²) in [5.41, 5.74) is 3.74. The van der Waals surface area contributed by atoms with E-state index >= 15 is 0 Å². The highest BCUT2D eigenvalue weighted by Gasteiger charge is 2.19. The molecule has 110 valence electrons. The first-order chi connectivity index (χ1) is 10.8. The van der Waals surface area contributed by atoms with Gasteiger partial charge in [-0.2, -0.15) is 0 Å². The number of nitrogens with one attached hydrogen (secondary N) is 2. The number of benzene rings is 1. The van der Waals surface area contributed by atoms with Crippen LogP contribution in [0.4, 0.5) is 5.13 Å². The summed E-state index contributed by atoms with van der Waals surface area (Å²) in [6.07, 6.45) is 4.32. The number of hydrogen-bond donors (Lipinski definition) is 2. The molecule has 5 nitrogen and oxygen atoms in total. The zero-order valence-corrected chi connectivity index (χ0v) is 12.6. The van der Waals surface area contributed by atoms with Crippen LogP contribution in [-0.4, -0.2) is 22.4 Å². The highest BCUT2D eigenvalue weighted by molar-refractivity contribution is 7.22. The number of nitrogens with zero attached hydrogens (tertiary/aromatic N) is 2. The van der Waals surface area contributed by atoms with Crippen LogP contribution in [0.5, 0.6) is 0 Å². The summed E-state index contributed by atoms with van der Waals surface area (Å²) in [6, 6.07) is 7.86. The lowest BCUT2D eigenvalue weighted by Crippen LogP contribution is -2.27. The van der Waals surface area contributed by atoms with E-state index in [9.17, 15) is 4.79 Å². The van der Waals surface area contributed by atoms with Crippen molar-refractivity contribution in [2.24, 2.45) is 0 Å². The van der Waals surface area contributed by atoms with E-state index in [1.54, 1.807) is 6.20 Å². The Kier molecular flexibility index (Phi) is 3.32. The van der Waals surface area contributed by atoms with Crippen molar-refractivity contribution in [3.8, 4) is 0 Å². The van der Waals surface area contributed by atoms with Crippen LogP contribution < -0.4 is 10.6 Å². The van der Waals surface area contributed by atoms with Crippen LogP contribution in [0.2, 0.25) is 0 Å². The molecule has 1 aliphatic heterocycles.